The SMILES string of the molecule is O=C(NN=Cc1cc(Br)cc(Br)c1O)C(=O)Nc1nnc(-c2ccccc2)s1. The van der Waals surface area contributed by atoms with Crippen molar-refractivity contribution >= 4 is 66.4 Å². The Kier molecular flexibility index (Phi) is 6.49. The van der Waals surface area contributed by atoms with E-state index in [4.69, 9.17) is 0 Å². The number of aromatic nitrogens is 2. The lowest BCUT2D eigenvalue weighted by Gasteiger charge is -2.03. The monoisotopic (exact) mass is 523 g/mol. The fraction of sp³-hybridized carbons (Fsp3) is 0. The Bertz CT molecular complexity index is 1060. The summed E-state index contributed by atoms with van der Waals surface area (Å²) in [7, 11) is 0. The summed E-state index contributed by atoms with van der Waals surface area (Å²) in [5.74, 6) is -1.97. The van der Waals surface area contributed by atoms with Crippen LogP contribution in [0.4, 0.5) is 5.13 Å². The Morgan fingerprint density at radius 2 is 1.86 bits per heavy atom. The largest absolute Gasteiger partial charge is 0.506 e. The van der Waals surface area contributed by atoms with Crippen LogP contribution in [0.5, 0.6) is 5.75 Å². The average Bonchev–Trinajstić information content (AvgIpc) is 3.14. The van der Waals surface area contributed by atoms with E-state index in [0.29, 0.717) is 19.5 Å². The second-order valence-corrected chi connectivity index (χ2v) is 8.00. The van der Waals surface area contributed by atoms with Crippen molar-refractivity contribution in [2.75, 3.05) is 5.32 Å². The molecule has 0 bridgehead atoms. The number of carbonyl (C=O) groups is 2. The number of halogens is 2. The van der Waals surface area contributed by atoms with Crippen LogP contribution in [0.1, 0.15) is 5.56 Å². The van der Waals surface area contributed by atoms with Gasteiger partial charge in [0.2, 0.25) is 5.13 Å². The van der Waals surface area contributed by atoms with Crippen molar-refractivity contribution in [1.29, 1.82) is 0 Å². The van der Waals surface area contributed by atoms with Gasteiger partial charge in [-0.05, 0) is 28.1 Å². The van der Waals surface area contributed by atoms with E-state index in [0.717, 1.165) is 16.9 Å². The van der Waals surface area contributed by atoms with Crippen molar-refractivity contribution in [2.45, 2.75) is 0 Å². The van der Waals surface area contributed by atoms with Crippen molar-refractivity contribution in [1.82, 2.24) is 15.6 Å². The van der Waals surface area contributed by atoms with Gasteiger partial charge in [0, 0.05) is 15.6 Å². The predicted molar refractivity (Wildman–Crippen MR) is 113 cm³/mol. The number of hydrazone groups is 1. The highest BCUT2D eigenvalue weighted by molar-refractivity contribution is 9.11. The van der Waals surface area contributed by atoms with E-state index in [-0.39, 0.29) is 10.9 Å². The number of hydrogen-bond acceptors (Lipinski definition) is 7. The second kappa shape index (κ2) is 9.04. The van der Waals surface area contributed by atoms with E-state index >= 15 is 0 Å². The molecule has 1 aromatic heterocycles. The van der Waals surface area contributed by atoms with Crippen LogP contribution in [-0.4, -0.2) is 33.3 Å². The van der Waals surface area contributed by atoms with Gasteiger partial charge in [-0.1, -0.05) is 57.6 Å². The molecule has 3 aromatic rings. The maximum atomic E-state index is 12.0. The van der Waals surface area contributed by atoms with E-state index in [1.807, 2.05) is 30.3 Å². The maximum Gasteiger partial charge on any atom is 0.329 e. The number of anilines is 1. The molecule has 0 aliphatic heterocycles. The van der Waals surface area contributed by atoms with Crippen LogP contribution in [0, 0.1) is 0 Å². The van der Waals surface area contributed by atoms with Gasteiger partial charge in [0.05, 0.1) is 10.7 Å². The van der Waals surface area contributed by atoms with Gasteiger partial charge in [-0.15, -0.1) is 10.2 Å². The summed E-state index contributed by atoms with van der Waals surface area (Å²) in [6.07, 6.45) is 1.22. The molecule has 8 nitrogen and oxygen atoms in total. The molecule has 0 aliphatic carbocycles. The zero-order valence-electron chi connectivity index (χ0n) is 13.9. The van der Waals surface area contributed by atoms with Crippen LogP contribution in [0.15, 0.2) is 56.5 Å². The normalized spacial score (nSPS) is 10.8. The van der Waals surface area contributed by atoms with Crippen molar-refractivity contribution in [2.24, 2.45) is 5.10 Å². The van der Waals surface area contributed by atoms with Gasteiger partial charge in [-0.25, -0.2) is 5.43 Å². The summed E-state index contributed by atoms with van der Waals surface area (Å²) in [5, 5.41) is 24.6. The number of nitrogens with one attached hydrogen (secondary N) is 2. The fourth-order valence-electron chi connectivity index (χ4n) is 2.02. The fourth-order valence-corrected chi connectivity index (χ4v) is 4.02. The number of amides is 2. The third-order valence-corrected chi connectivity index (χ3v) is 5.25. The van der Waals surface area contributed by atoms with Crippen molar-refractivity contribution in [3.05, 3.63) is 57.0 Å². The molecule has 0 aliphatic rings. The van der Waals surface area contributed by atoms with Crippen LogP contribution >= 0.6 is 43.2 Å². The first-order valence-corrected chi connectivity index (χ1v) is 10.1. The summed E-state index contributed by atoms with van der Waals surface area (Å²) in [5.41, 5.74) is 3.29. The molecule has 0 spiro atoms. The van der Waals surface area contributed by atoms with E-state index in [9.17, 15) is 14.7 Å². The zero-order valence-corrected chi connectivity index (χ0v) is 17.9. The Hall–Kier alpha value is -2.63. The number of aromatic hydroxyl groups is 1. The maximum absolute atomic E-state index is 12.0. The molecule has 3 rings (SSSR count). The summed E-state index contributed by atoms with van der Waals surface area (Å²) in [4.78, 5) is 23.8. The van der Waals surface area contributed by atoms with E-state index in [1.165, 1.54) is 6.21 Å². The van der Waals surface area contributed by atoms with Gasteiger partial charge in [0.1, 0.15) is 10.8 Å². The lowest BCUT2D eigenvalue weighted by Crippen LogP contribution is -2.32. The molecule has 28 heavy (non-hydrogen) atoms. The van der Waals surface area contributed by atoms with E-state index < -0.39 is 11.8 Å². The number of phenolic OH excluding ortho intramolecular Hbond substituents is 1. The number of nitrogens with zero attached hydrogens (tertiary/aromatic N) is 3. The summed E-state index contributed by atoms with van der Waals surface area (Å²) < 4.78 is 1.16. The molecule has 0 unspecified atom stereocenters. The topological polar surface area (TPSA) is 117 Å². The lowest BCUT2D eigenvalue weighted by atomic mass is 10.2. The van der Waals surface area contributed by atoms with Gasteiger partial charge in [-0.3, -0.25) is 14.9 Å². The van der Waals surface area contributed by atoms with Crippen molar-refractivity contribution in [3.8, 4) is 16.3 Å². The molecule has 3 N–H and O–H groups in total. The first-order valence-electron chi connectivity index (χ1n) is 7.65. The van der Waals surface area contributed by atoms with Crippen LogP contribution < -0.4 is 10.7 Å². The number of phenols is 1. The molecule has 0 saturated carbocycles. The summed E-state index contributed by atoms with van der Waals surface area (Å²) >= 11 is 7.61. The first kappa shape index (κ1) is 20.1. The van der Waals surface area contributed by atoms with Crippen LogP contribution in [0.3, 0.4) is 0 Å². The third kappa shape index (κ3) is 5.00. The summed E-state index contributed by atoms with van der Waals surface area (Å²) in [6, 6.07) is 12.6. The Morgan fingerprint density at radius 3 is 2.61 bits per heavy atom. The van der Waals surface area contributed by atoms with Crippen molar-refractivity contribution < 1.29 is 14.7 Å². The minimum absolute atomic E-state index is 0.0482. The smallest absolute Gasteiger partial charge is 0.329 e. The molecular weight excluding hydrogens is 514 g/mol. The van der Waals surface area contributed by atoms with Gasteiger partial charge >= 0.3 is 11.8 Å². The molecular formula is C17H11Br2N5O3S. The molecule has 2 aromatic carbocycles. The molecule has 2 amide bonds. The molecule has 1 heterocycles. The highest BCUT2D eigenvalue weighted by atomic mass is 79.9. The Labute approximate surface area is 180 Å². The van der Waals surface area contributed by atoms with Crippen molar-refractivity contribution in [3.63, 3.8) is 0 Å². The Morgan fingerprint density at radius 1 is 1.11 bits per heavy atom. The molecule has 0 saturated heterocycles. The molecule has 142 valence electrons. The number of hydrogen-bond donors (Lipinski definition) is 3. The van der Waals surface area contributed by atoms with Crippen LogP contribution in [-0.2, 0) is 9.59 Å². The number of carbonyl (C=O) groups excluding carboxylic acids is 2. The molecule has 11 heteroatoms. The highest BCUT2D eigenvalue weighted by Crippen LogP contribution is 2.30. The van der Waals surface area contributed by atoms with Crippen LogP contribution in [0.25, 0.3) is 10.6 Å². The standard InChI is InChI=1S/C17H11Br2N5O3S/c18-11-6-10(13(25)12(19)7-11)8-20-22-15(27)14(26)21-17-24-23-16(28-17)9-4-2-1-3-5-9/h1-8,25H,(H,22,27)(H,21,24,26). The minimum Gasteiger partial charge on any atom is -0.506 e. The average molecular weight is 525 g/mol. The van der Waals surface area contributed by atoms with Gasteiger partial charge in [-0.2, -0.15) is 5.10 Å². The highest BCUT2D eigenvalue weighted by Gasteiger charge is 2.16. The van der Waals surface area contributed by atoms with E-state index in [1.54, 1.807) is 12.1 Å². The molecule has 0 radical (unpaired) electrons. The number of rotatable bonds is 4. The molecule has 0 atom stereocenters. The number of benzene rings is 2. The third-order valence-electron chi connectivity index (χ3n) is 3.30. The quantitative estimate of drug-likeness (QED) is 0.274. The lowest BCUT2D eigenvalue weighted by molar-refractivity contribution is -0.136. The molecule has 0 fully saturated rings. The predicted octanol–water partition coefficient (Wildman–Crippen LogP) is 3.52. The van der Waals surface area contributed by atoms with Gasteiger partial charge in [0.25, 0.3) is 0 Å². The van der Waals surface area contributed by atoms with E-state index in [2.05, 4.69) is 57.9 Å². The minimum atomic E-state index is -0.985. The van der Waals surface area contributed by atoms with Gasteiger partial charge in [0.15, 0.2) is 0 Å². The Balaban J connectivity index is 1.60. The van der Waals surface area contributed by atoms with Crippen LogP contribution in [0.2, 0.25) is 0 Å². The second-order valence-electron chi connectivity index (χ2n) is 5.26. The van der Waals surface area contributed by atoms with Gasteiger partial charge < -0.3 is 5.11 Å². The summed E-state index contributed by atoms with van der Waals surface area (Å²) in [6.45, 7) is 0. The zero-order chi connectivity index (χ0) is 20.1. The first-order chi connectivity index (χ1) is 13.4.